The highest BCUT2D eigenvalue weighted by Crippen LogP contribution is 2.30. The third-order valence-corrected chi connectivity index (χ3v) is 4.59. The maximum Gasteiger partial charge on any atom is 0.248 e. The fourth-order valence-corrected chi connectivity index (χ4v) is 3.37. The van der Waals surface area contributed by atoms with Gasteiger partial charge in [0.2, 0.25) is 17.7 Å². The van der Waals surface area contributed by atoms with E-state index in [9.17, 15) is 4.79 Å². The van der Waals surface area contributed by atoms with Crippen molar-refractivity contribution in [2.24, 2.45) is 5.41 Å². The standard InChI is InChI=1S/C16H21N3O2S/c1-16(2,3)15(20)19-7-4-5-11(9-19)13-17-18-14(21-13)12-6-8-22-10-12/h6,8,10-11H,4-5,7,9H2,1-3H3. The summed E-state index contributed by atoms with van der Waals surface area (Å²) in [5.41, 5.74) is 0.612. The molecule has 5 nitrogen and oxygen atoms in total. The molecule has 0 aromatic carbocycles. The Labute approximate surface area is 134 Å². The molecule has 0 radical (unpaired) electrons. The van der Waals surface area contributed by atoms with E-state index < -0.39 is 0 Å². The lowest BCUT2D eigenvalue weighted by Crippen LogP contribution is -2.44. The molecule has 0 N–H and O–H groups in total. The first kappa shape index (κ1) is 15.2. The van der Waals surface area contributed by atoms with Gasteiger partial charge < -0.3 is 9.32 Å². The van der Waals surface area contributed by atoms with Gasteiger partial charge in [-0.1, -0.05) is 20.8 Å². The first-order valence-corrected chi connectivity index (χ1v) is 8.55. The predicted molar refractivity (Wildman–Crippen MR) is 85.6 cm³/mol. The van der Waals surface area contributed by atoms with Gasteiger partial charge in [0.15, 0.2) is 0 Å². The second kappa shape index (κ2) is 5.83. The van der Waals surface area contributed by atoms with Crippen LogP contribution in [0.2, 0.25) is 0 Å². The molecule has 0 saturated carbocycles. The largest absolute Gasteiger partial charge is 0.420 e. The van der Waals surface area contributed by atoms with Crippen molar-refractivity contribution in [1.29, 1.82) is 0 Å². The van der Waals surface area contributed by atoms with E-state index >= 15 is 0 Å². The van der Waals surface area contributed by atoms with Crippen LogP contribution in [0.15, 0.2) is 21.2 Å². The minimum atomic E-state index is -0.349. The smallest absolute Gasteiger partial charge is 0.248 e. The molecule has 1 atom stereocenters. The molecule has 1 fully saturated rings. The number of likely N-dealkylation sites (tertiary alicyclic amines) is 1. The van der Waals surface area contributed by atoms with Gasteiger partial charge in [0.05, 0.1) is 5.92 Å². The van der Waals surface area contributed by atoms with Gasteiger partial charge in [-0.2, -0.15) is 11.3 Å². The molecule has 1 aliphatic rings. The average molecular weight is 319 g/mol. The fraction of sp³-hybridized carbons (Fsp3) is 0.562. The van der Waals surface area contributed by atoms with Crippen LogP contribution in [0.1, 0.15) is 45.4 Å². The fourth-order valence-electron chi connectivity index (χ4n) is 2.74. The summed E-state index contributed by atoms with van der Waals surface area (Å²) in [6.45, 7) is 7.36. The van der Waals surface area contributed by atoms with Crippen molar-refractivity contribution in [3.05, 3.63) is 22.7 Å². The van der Waals surface area contributed by atoms with E-state index in [2.05, 4.69) is 10.2 Å². The summed E-state index contributed by atoms with van der Waals surface area (Å²) >= 11 is 1.61. The van der Waals surface area contributed by atoms with Crippen molar-refractivity contribution in [3.8, 4) is 11.5 Å². The Hall–Kier alpha value is -1.69. The lowest BCUT2D eigenvalue weighted by atomic mass is 9.91. The molecule has 2 aromatic rings. The summed E-state index contributed by atoms with van der Waals surface area (Å²) in [6, 6.07) is 1.97. The summed E-state index contributed by atoms with van der Waals surface area (Å²) in [5.74, 6) is 1.54. The molecule has 6 heteroatoms. The molecule has 3 rings (SSSR count). The molecule has 1 saturated heterocycles. The van der Waals surface area contributed by atoms with E-state index in [0.717, 1.165) is 24.9 Å². The molecule has 1 aliphatic heterocycles. The number of hydrogen-bond acceptors (Lipinski definition) is 5. The van der Waals surface area contributed by atoms with Crippen LogP contribution in [-0.2, 0) is 4.79 Å². The van der Waals surface area contributed by atoms with E-state index in [0.29, 0.717) is 18.3 Å². The Morgan fingerprint density at radius 3 is 2.91 bits per heavy atom. The van der Waals surface area contributed by atoms with E-state index in [-0.39, 0.29) is 17.2 Å². The second-order valence-corrected chi connectivity index (χ2v) is 7.58. The van der Waals surface area contributed by atoms with Gasteiger partial charge in [0.1, 0.15) is 0 Å². The Balaban J connectivity index is 1.74. The van der Waals surface area contributed by atoms with Crippen molar-refractivity contribution >= 4 is 17.2 Å². The Kier molecular flexibility index (Phi) is 4.04. The number of aromatic nitrogens is 2. The zero-order chi connectivity index (χ0) is 15.7. The first-order chi connectivity index (χ1) is 10.4. The number of piperidine rings is 1. The summed E-state index contributed by atoms with van der Waals surface area (Å²) in [5, 5.41) is 12.3. The molecule has 118 valence electrons. The minimum absolute atomic E-state index is 0.139. The predicted octanol–water partition coefficient (Wildman–Crippen LogP) is 3.55. The van der Waals surface area contributed by atoms with Gasteiger partial charge in [-0.05, 0) is 24.3 Å². The molecular weight excluding hydrogens is 298 g/mol. The molecular formula is C16H21N3O2S. The molecule has 2 aromatic heterocycles. The number of carbonyl (C=O) groups is 1. The van der Waals surface area contributed by atoms with Crippen molar-refractivity contribution in [2.75, 3.05) is 13.1 Å². The Morgan fingerprint density at radius 1 is 1.41 bits per heavy atom. The third kappa shape index (κ3) is 3.06. The van der Waals surface area contributed by atoms with Crippen molar-refractivity contribution < 1.29 is 9.21 Å². The zero-order valence-corrected chi connectivity index (χ0v) is 14.0. The average Bonchev–Trinajstić information content (AvgIpc) is 3.16. The molecule has 3 heterocycles. The van der Waals surface area contributed by atoms with Crippen LogP contribution in [0.25, 0.3) is 11.5 Å². The van der Waals surface area contributed by atoms with E-state index in [4.69, 9.17) is 4.42 Å². The number of carbonyl (C=O) groups excluding carboxylic acids is 1. The quantitative estimate of drug-likeness (QED) is 0.849. The third-order valence-electron chi connectivity index (χ3n) is 3.91. The number of amides is 1. The topological polar surface area (TPSA) is 59.2 Å². The monoisotopic (exact) mass is 319 g/mol. The van der Waals surface area contributed by atoms with Crippen LogP contribution < -0.4 is 0 Å². The van der Waals surface area contributed by atoms with E-state index in [1.54, 1.807) is 11.3 Å². The normalized spacial score (nSPS) is 19.4. The maximum atomic E-state index is 12.4. The number of thiophene rings is 1. The highest BCUT2D eigenvalue weighted by molar-refractivity contribution is 7.08. The second-order valence-electron chi connectivity index (χ2n) is 6.80. The van der Waals surface area contributed by atoms with Gasteiger partial charge in [-0.25, -0.2) is 0 Å². The van der Waals surface area contributed by atoms with Gasteiger partial charge in [0.25, 0.3) is 0 Å². The molecule has 0 spiro atoms. The summed E-state index contributed by atoms with van der Waals surface area (Å²) in [4.78, 5) is 14.4. The SMILES string of the molecule is CC(C)(C)C(=O)N1CCCC(c2nnc(-c3ccsc3)o2)C1. The minimum Gasteiger partial charge on any atom is -0.420 e. The van der Waals surface area contributed by atoms with Crippen LogP contribution in [-0.4, -0.2) is 34.1 Å². The van der Waals surface area contributed by atoms with Gasteiger partial charge in [0, 0.05) is 29.4 Å². The highest BCUT2D eigenvalue weighted by atomic mass is 32.1. The summed E-state index contributed by atoms with van der Waals surface area (Å²) in [7, 11) is 0. The molecule has 1 unspecified atom stereocenters. The van der Waals surface area contributed by atoms with E-state index in [1.807, 2.05) is 42.5 Å². The first-order valence-electron chi connectivity index (χ1n) is 7.60. The number of rotatable bonds is 2. The van der Waals surface area contributed by atoms with Crippen LogP contribution in [0.4, 0.5) is 0 Å². The van der Waals surface area contributed by atoms with Gasteiger partial charge in [-0.15, -0.1) is 10.2 Å². The zero-order valence-electron chi connectivity index (χ0n) is 13.2. The van der Waals surface area contributed by atoms with Crippen molar-refractivity contribution in [2.45, 2.75) is 39.5 Å². The van der Waals surface area contributed by atoms with E-state index in [1.165, 1.54) is 0 Å². The number of nitrogens with zero attached hydrogens (tertiary/aromatic N) is 3. The van der Waals surface area contributed by atoms with Crippen LogP contribution in [0.5, 0.6) is 0 Å². The van der Waals surface area contributed by atoms with Crippen molar-refractivity contribution in [1.82, 2.24) is 15.1 Å². The van der Waals surface area contributed by atoms with Crippen LogP contribution in [0, 0.1) is 5.41 Å². The Morgan fingerprint density at radius 2 is 2.23 bits per heavy atom. The van der Waals surface area contributed by atoms with Crippen LogP contribution in [0.3, 0.4) is 0 Å². The van der Waals surface area contributed by atoms with Gasteiger partial charge >= 0.3 is 0 Å². The highest BCUT2D eigenvalue weighted by Gasteiger charge is 2.33. The molecule has 22 heavy (non-hydrogen) atoms. The molecule has 1 amide bonds. The summed E-state index contributed by atoms with van der Waals surface area (Å²) < 4.78 is 5.83. The maximum absolute atomic E-state index is 12.4. The van der Waals surface area contributed by atoms with Crippen molar-refractivity contribution in [3.63, 3.8) is 0 Å². The van der Waals surface area contributed by atoms with Gasteiger partial charge in [-0.3, -0.25) is 4.79 Å². The summed E-state index contributed by atoms with van der Waals surface area (Å²) in [6.07, 6.45) is 1.96. The lowest BCUT2D eigenvalue weighted by molar-refractivity contribution is -0.140. The molecule has 0 bridgehead atoms. The molecule has 0 aliphatic carbocycles. The lowest BCUT2D eigenvalue weighted by Gasteiger charge is -2.35. The Bertz CT molecular complexity index is 643. The van der Waals surface area contributed by atoms with Crippen LogP contribution >= 0.6 is 11.3 Å². The number of hydrogen-bond donors (Lipinski definition) is 0.